The van der Waals surface area contributed by atoms with Crippen molar-refractivity contribution in [1.29, 1.82) is 0 Å². The first kappa shape index (κ1) is 15.2. The van der Waals surface area contributed by atoms with Gasteiger partial charge in [0.25, 0.3) is 0 Å². The fourth-order valence-electron chi connectivity index (χ4n) is 2.43. The maximum Gasteiger partial charge on any atom is 0.410 e. The molecule has 6 nitrogen and oxygen atoms in total. The zero-order valence-corrected chi connectivity index (χ0v) is 12.3. The Labute approximate surface area is 124 Å². The minimum atomic E-state index is -0.447. The number of methoxy groups -OCH3 is 2. The molecule has 1 aromatic rings. The van der Waals surface area contributed by atoms with Gasteiger partial charge in [0.1, 0.15) is 11.8 Å². The van der Waals surface area contributed by atoms with E-state index >= 15 is 0 Å². The molecule has 21 heavy (non-hydrogen) atoms. The Morgan fingerprint density at radius 1 is 1.29 bits per heavy atom. The molecule has 2 rings (SSSR count). The van der Waals surface area contributed by atoms with E-state index in [1.807, 2.05) is 24.3 Å². The van der Waals surface area contributed by atoms with E-state index in [-0.39, 0.29) is 5.91 Å². The van der Waals surface area contributed by atoms with Gasteiger partial charge < -0.3 is 14.8 Å². The summed E-state index contributed by atoms with van der Waals surface area (Å²) < 4.78 is 9.78. The van der Waals surface area contributed by atoms with Gasteiger partial charge in [-0.1, -0.05) is 12.1 Å². The average molecular weight is 292 g/mol. The number of nitrogens with one attached hydrogen (secondary N) is 1. The molecule has 1 unspecified atom stereocenters. The van der Waals surface area contributed by atoms with Crippen molar-refractivity contribution in [2.45, 2.75) is 25.4 Å². The van der Waals surface area contributed by atoms with Crippen LogP contribution >= 0.6 is 0 Å². The molecule has 6 heteroatoms. The molecule has 1 aliphatic heterocycles. The number of likely N-dealkylation sites (tertiary alicyclic amines) is 1. The second-order valence-corrected chi connectivity index (χ2v) is 4.89. The van der Waals surface area contributed by atoms with Gasteiger partial charge in [-0.3, -0.25) is 9.69 Å². The first-order valence-corrected chi connectivity index (χ1v) is 6.91. The molecule has 0 aromatic heterocycles. The Bertz CT molecular complexity index is 501. The summed E-state index contributed by atoms with van der Waals surface area (Å²) in [6.07, 6.45) is 1.04. The molecule has 2 amide bonds. The third kappa shape index (κ3) is 3.65. The predicted molar refractivity (Wildman–Crippen MR) is 77.0 cm³/mol. The van der Waals surface area contributed by atoms with E-state index in [0.29, 0.717) is 19.5 Å². The van der Waals surface area contributed by atoms with Crippen LogP contribution in [0.15, 0.2) is 24.3 Å². The van der Waals surface area contributed by atoms with E-state index in [4.69, 9.17) is 9.47 Å². The topological polar surface area (TPSA) is 67.9 Å². The highest BCUT2D eigenvalue weighted by Crippen LogP contribution is 2.18. The van der Waals surface area contributed by atoms with E-state index in [2.05, 4.69) is 5.32 Å². The SMILES string of the molecule is COC(=O)N1CCCC1C(=O)NCc1ccc(OC)cc1. The van der Waals surface area contributed by atoms with Crippen LogP contribution in [0.5, 0.6) is 5.75 Å². The Kier molecular flexibility index (Phi) is 5.03. The Morgan fingerprint density at radius 3 is 2.62 bits per heavy atom. The molecule has 1 heterocycles. The van der Waals surface area contributed by atoms with E-state index in [1.165, 1.54) is 12.0 Å². The minimum Gasteiger partial charge on any atom is -0.497 e. The quantitative estimate of drug-likeness (QED) is 0.914. The molecule has 1 aromatic carbocycles. The fraction of sp³-hybridized carbons (Fsp3) is 0.467. The van der Waals surface area contributed by atoms with Crippen LogP contribution in [0.25, 0.3) is 0 Å². The number of hydrogen-bond donors (Lipinski definition) is 1. The van der Waals surface area contributed by atoms with Crippen molar-refractivity contribution in [2.24, 2.45) is 0 Å². The zero-order chi connectivity index (χ0) is 15.2. The number of ether oxygens (including phenoxy) is 2. The van der Waals surface area contributed by atoms with Crippen LogP contribution < -0.4 is 10.1 Å². The van der Waals surface area contributed by atoms with Crippen molar-refractivity contribution >= 4 is 12.0 Å². The van der Waals surface area contributed by atoms with Gasteiger partial charge >= 0.3 is 6.09 Å². The van der Waals surface area contributed by atoms with Gasteiger partial charge in [-0.15, -0.1) is 0 Å². The Morgan fingerprint density at radius 2 is 2.00 bits per heavy atom. The largest absolute Gasteiger partial charge is 0.497 e. The summed E-state index contributed by atoms with van der Waals surface area (Å²) in [7, 11) is 2.94. The van der Waals surface area contributed by atoms with Crippen LogP contribution in [0, 0.1) is 0 Å². The van der Waals surface area contributed by atoms with Crippen LogP contribution in [0.4, 0.5) is 4.79 Å². The smallest absolute Gasteiger partial charge is 0.410 e. The van der Waals surface area contributed by atoms with Crippen molar-refractivity contribution < 1.29 is 19.1 Å². The predicted octanol–water partition coefficient (Wildman–Crippen LogP) is 1.54. The second kappa shape index (κ2) is 6.97. The van der Waals surface area contributed by atoms with Crippen molar-refractivity contribution in [2.75, 3.05) is 20.8 Å². The molecule has 0 aliphatic carbocycles. The summed E-state index contributed by atoms with van der Waals surface area (Å²) in [6.45, 7) is 0.988. The minimum absolute atomic E-state index is 0.145. The molecular weight excluding hydrogens is 272 g/mol. The molecular formula is C15H20N2O4. The van der Waals surface area contributed by atoms with Gasteiger partial charge in [0.05, 0.1) is 14.2 Å². The number of nitrogens with zero attached hydrogens (tertiary/aromatic N) is 1. The van der Waals surface area contributed by atoms with Crippen LogP contribution in [0.1, 0.15) is 18.4 Å². The maximum atomic E-state index is 12.2. The van der Waals surface area contributed by atoms with Crippen molar-refractivity contribution in [3.63, 3.8) is 0 Å². The lowest BCUT2D eigenvalue weighted by molar-refractivity contribution is -0.125. The zero-order valence-electron chi connectivity index (χ0n) is 12.3. The lowest BCUT2D eigenvalue weighted by atomic mass is 10.2. The molecule has 1 N–H and O–H groups in total. The van der Waals surface area contributed by atoms with Crippen LogP contribution in [-0.4, -0.2) is 43.7 Å². The van der Waals surface area contributed by atoms with Gasteiger partial charge in [0, 0.05) is 13.1 Å². The van der Waals surface area contributed by atoms with Crippen LogP contribution in [0.2, 0.25) is 0 Å². The second-order valence-electron chi connectivity index (χ2n) is 4.89. The van der Waals surface area contributed by atoms with E-state index in [0.717, 1.165) is 17.7 Å². The molecule has 1 fully saturated rings. The first-order valence-electron chi connectivity index (χ1n) is 6.91. The number of carbonyl (C=O) groups excluding carboxylic acids is 2. The highest BCUT2D eigenvalue weighted by atomic mass is 16.5. The number of hydrogen-bond acceptors (Lipinski definition) is 4. The molecule has 1 saturated heterocycles. The normalized spacial score (nSPS) is 17.4. The summed E-state index contributed by atoms with van der Waals surface area (Å²) in [4.78, 5) is 25.2. The molecule has 1 aliphatic rings. The van der Waals surface area contributed by atoms with Crippen molar-refractivity contribution in [3.8, 4) is 5.75 Å². The monoisotopic (exact) mass is 292 g/mol. The van der Waals surface area contributed by atoms with Gasteiger partial charge in [-0.25, -0.2) is 4.79 Å². The molecule has 0 radical (unpaired) electrons. The standard InChI is InChI=1S/C15H20N2O4/c1-20-12-7-5-11(6-8-12)10-16-14(18)13-4-3-9-17(13)15(19)21-2/h5-8,13H,3-4,9-10H2,1-2H3,(H,16,18). The van der Waals surface area contributed by atoms with Crippen LogP contribution in [0.3, 0.4) is 0 Å². The lowest BCUT2D eigenvalue weighted by Gasteiger charge is -2.22. The van der Waals surface area contributed by atoms with Gasteiger partial charge in [-0.05, 0) is 30.5 Å². The summed E-state index contributed by atoms with van der Waals surface area (Å²) in [5, 5.41) is 2.86. The van der Waals surface area contributed by atoms with Crippen molar-refractivity contribution in [1.82, 2.24) is 10.2 Å². The van der Waals surface area contributed by atoms with Crippen LogP contribution in [-0.2, 0) is 16.1 Å². The third-order valence-corrected chi connectivity index (χ3v) is 3.59. The summed E-state index contributed by atoms with van der Waals surface area (Å²) >= 11 is 0. The van der Waals surface area contributed by atoms with Crippen molar-refractivity contribution in [3.05, 3.63) is 29.8 Å². The van der Waals surface area contributed by atoms with E-state index < -0.39 is 12.1 Å². The number of carbonyl (C=O) groups is 2. The maximum absolute atomic E-state index is 12.2. The highest BCUT2D eigenvalue weighted by Gasteiger charge is 2.34. The number of benzene rings is 1. The average Bonchev–Trinajstić information content (AvgIpc) is 3.02. The molecule has 1 atom stereocenters. The van der Waals surface area contributed by atoms with E-state index in [1.54, 1.807) is 7.11 Å². The first-order chi connectivity index (χ1) is 10.2. The molecule has 0 saturated carbocycles. The molecule has 0 bridgehead atoms. The van der Waals surface area contributed by atoms with Gasteiger partial charge in [0.2, 0.25) is 5.91 Å². The molecule has 0 spiro atoms. The summed E-state index contributed by atoms with van der Waals surface area (Å²) in [5.74, 6) is 0.631. The number of rotatable bonds is 4. The third-order valence-electron chi connectivity index (χ3n) is 3.59. The molecule has 114 valence electrons. The van der Waals surface area contributed by atoms with Gasteiger partial charge in [0.15, 0.2) is 0 Å². The Hall–Kier alpha value is -2.24. The van der Waals surface area contributed by atoms with Gasteiger partial charge in [-0.2, -0.15) is 0 Å². The Balaban J connectivity index is 1.90. The summed E-state index contributed by atoms with van der Waals surface area (Å²) in [5.41, 5.74) is 0.978. The summed E-state index contributed by atoms with van der Waals surface area (Å²) in [6, 6.07) is 7.04. The number of amides is 2. The fourth-order valence-corrected chi connectivity index (χ4v) is 2.43. The van der Waals surface area contributed by atoms with E-state index in [9.17, 15) is 9.59 Å². The lowest BCUT2D eigenvalue weighted by Crippen LogP contribution is -2.45. The highest BCUT2D eigenvalue weighted by molar-refractivity contribution is 5.86.